The van der Waals surface area contributed by atoms with Gasteiger partial charge in [-0.15, -0.1) is 0 Å². The number of anilines is 2. The number of benzene rings is 4. The lowest BCUT2D eigenvalue weighted by atomic mass is 10.1. The summed E-state index contributed by atoms with van der Waals surface area (Å²) in [5, 5.41) is 4.99. The van der Waals surface area contributed by atoms with Gasteiger partial charge in [-0.05, 0) is 105 Å². The molecule has 4 aromatic carbocycles. The Morgan fingerprint density at radius 3 is 2.20 bits per heavy atom. The lowest BCUT2D eigenvalue weighted by molar-refractivity contribution is -0.122. The van der Waals surface area contributed by atoms with Crippen molar-refractivity contribution in [1.82, 2.24) is 5.32 Å². The van der Waals surface area contributed by atoms with Gasteiger partial charge >= 0.3 is 6.03 Å². The van der Waals surface area contributed by atoms with E-state index in [0.29, 0.717) is 38.3 Å². The highest BCUT2D eigenvalue weighted by molar-refractivity contribution is 9.11. The fraction of sp³-hybridized carbons (Fsp3) is 0.0909. The summed E-state index contributed by atoms with van der Waals surface area (Å²) in [5.74, 6) is -1.03. The van der Waals surface area contributed by atoms with E-state index in [9.17, 15) is 19.2 Å². The normalized spacial score (nSPS) is 13.9. The Labute approximate surface area is 270 Å². The summed E-state index contributed by atoms with van der Waals surface area (Å²) in [7, 11) is 0. The number of hydrogen-bond donors (Lipinski definition) is 2. The van der Waals surface area contributed by atoms with Gasteiger partial charge in [-0.1, -0.05) is 48.0 Å². The van der Waals surface area contributed by atoms with Gasteiger partial charge in [0.15, 0.2) is 6.61 Å². The Kier molecular flexibility index (Phi) is 9.56. The molecule has 4 aromatic rings. The van der Waals surface area contributed by atoms with Gasteiger partial charge in [-0.2, -0.15) is 0 Å². The minimum absolute atomic E-state index is 0.237. The van der Waals surface area contributed by atoms with Crippen molar-refractivity contribution >= 4 is 73.1 Å². The highest BCUT2D eigenvalue weighted by Gasteiger charge is 2.37. The third-order valence-electron chi connectivity index (χ3n) is 6.46. The summed E-state index contributed by atoms with van der Waals surface area (Å²) in [6, 6.07) is 25.9. The molecule has 0 radical (unpaired) electrons. The van der Waals surface area contributed by atoms with Crippen LogP contribution in [0.25, 0.3) is 6.08 Å². The van der Waals surface area contributed by atoms with Crippen molar-refractivity contribution in [1.29, 1.82) is 0 Å². The number of nitrogens with one attached hydrogen (secondary N) is 2. The quantitative estimate of drug-likeness (QED) is 0.146. The van der Waals surface area contributed by atoms with Gasteiger partial charge in [0.2, 0.25) is 0 Å². The monoisotopic (exact) mass is 717 g/mol. The molecule has 0 atom stereocenters. The molecule has 0 bridgehead atoms. The zero-order valence-corrected chi connectivity index (χ0v) is 26.5. The van der Waals surface area contributed by atoms with E-state index in [0.717, 1.165) is 16.0 Å². The lowest BCUT2D eigenvalue weighted by Gasteiger charge is -2.26. The Balaban J connectivity index is 1.27. The smallest absolute Gasteiger partial charge is 0.335 e. The van der Waals surface area contributed by atoms with Crippen LogP contribution in [-0.4, -0.2) is 30.4 Å². The molecule has 1 aliphatic heterocycles. The predicted octanol–water partition coefficient (Wildman–Crippen LogP) is 6.78. The lowest BCUT2D eigenvalue weighted by Crippen LogP contribution is -2.54. The molecule has 0 aromatic heterocycles. The van der Waals surface area contributed by atoms with E-state index >= 15 is 0 Å². The van der Waals surface area contributed by atoms with Gasteiger partial charge in [-0.3, -0.25) is 19.7 Å². The molecule has 2 N–H and O–H groups in total. The van der Waals surface area contributed by atoms with Crippen LogP contribution in [0.1, 0.15) is 16.7 Å². The summed E-state index contributed by atoms with van der Waals surface area (Å²) in [5.41, 5.74) is 3.23. The van der Waals surface area contributed by atoms with Crippen LogP contribution in [0.5, 0.6) is 11.5 Å². The standard InChI is InChI=1S/C33H25Br2N3O6/c1-20-7-9-23(10-8-20)36-29(39)19-44-30-27(34)16-22(17-28(30)35)15-26-31(40)37-33(42)38(32(26)41)24-11-13-25(14-12-24)43-18-21-5-3-2-4-6-21/h2-17H,18-19H2,1H3,(H,36,39)(H,37,40,42)/b26-15+. The molecule has 5 rings (SSSR count). The zero-order valence-electron chi connectivity index (χ0n) is 23.3. The van der Waals surface area contributed by atoms with Crippen molar-refractivity contribution in [3.8, 4) is 11.5 Å². The van der Waals surface area contributed by atoms with Crippen molar-refractivity contribution in [3.63, 3.8) is 0 Å². The molecule has 1 aliphatic rings. The van der Waals surface area contributed by atoms with Gasteiger partial charge in [0.1, 0.15) is 23.7 Å². The largest absolute Gasteiger partial charge is 0.489 e. The zero-order chi connectivity index (χ0) is 31.2. The van der Waals surface area contributed by atoms with E-state index in [1.54, 1.807) is 48.5 Å². The number of amides is 5. The van der Waals surface area contributed by atoms with E-state index in [-0.39, 0.29) is 23.8 Å². The van der Waals surface area contributed by atoms with Gasteiger partial charge in [-0.25, -0.2) is 9.69 Å². The molecule has 1 heterocycles. The molecule has 222 valence electrons. The molecule has 0 aliphatic carbocycles. The number of barbiturate groups is 1. The van der Waals surface area contributed by atoms with Crippen molar-refractivity contribution in [2.75, 3.05) is 16.8 Å². The topological polar surface area (TPSA) is 114 Å². The van der Waals surface area contributed by atoms with Crippen LogP contribution in [0.3, 0.4) is 0 Å². The maximum atomic E-state index is 13.4. The molecule has 0 unspecified atom stereocenters. The first-order chi connectivity index (χ1) is 21.2. The first-order valence-corrected chi connectivity index (χ1v) is 14.9. The summed E-state index contributed by atoms with van der Waals surface area (Å²) in [4.78, 5) is 52.0. The van der Waals surface area contributed by atoms with Gasteiger partial charge < -0.3 is 14.8 Å². The molecule has 5 amide bonds. The van der Waals surface area contributed by atoms with E-state index in [2.05, 4.69) is 42.5 Å². The molecule has 11 heteroatoms. The van der Waals surface area contributed by atoms with Crippen molar-refractivity contribution < 1.29 is 28.7 Å². The molecule has 0 saturated carbocycles. The fourth-order valence-electron chi connectivity index (χ4n) is 4.26. The number of imide groups is 2. The number of aryl methyl sites for hydroxylation is 1. The maximum Gasteiger partial charge on any atom is 0.335 e. The van der Waals surface area contributed by atoms with E-state index in [1.807, 2.05) is 49.4 Å². The van der Waals surface area contributed by atoms with Crippen LogP contribution in [-0.2, 0) is 21.0 Å². The highest BCUT2D eigenvalue weighted by atomic mass is 79.9. The number of hydrogen-bond acceptors (Lipinski definition) is 6. The number of carbonyl (C=O) groups excluding carboxylic acids is 4. The molecule has 9 nitrogen and oxygen atoms in total. The predicted molar refractivity (Wildman–Crippen MR) is 173 cm³/mol. The van der Waals surface area contributed by atoms with Gasteiger partial charge in [0.25, 0.3) is 17.7 Å². The van der Waals surface area contributed by atoms with Crippen LogP contribution in [0, 0.1) is 6.92 Å². The SMILES string of the molecule is Cc1ccc(NC(=O)COc2c(Br)cc(/C=C3\C(=O)NC(=O)N(c4ccc(OCc5ccccc5)cc4)C3=O)cc2Br)cc1. The average Bonchev–Trinajstić information content (AvgIpc) is 3.00. The van der Waals surface area contributed by atoms with Crippen molar-refractivity contribution in [2.24, 2.45) is 0 Å². The van der Waals surface area contributed by atoms with E-state index in [1.165, 1.54) is 6.08 Å². The number of urea groups is 1. The van der Waals surface area contributed by atoms with Crippen LogP contribution < -0.4 is 25.0 Å². The first-order valence-electron chi connectivity index (χ1n) is 13.3. The fourth-order valence-corrected chi connectivity index (χ4v) is 5.71. The highest BCUT2D eigenvalue weighted by Crippen LogP contribution is 2.36. The average molecular weight is 719 g/mol. The minimum atomic E-state index is -0.856. The Bertz CT molecular complexity index is 1730. The molecule has 0 spiro atoms. The molecule has 1 fully saturated rings. The second-order valence-corrected chi connectivity index (χ2v) is 11.5. The molecular formula is C33H25Br2N3O6. The molecule has 44 heavy (non-hydrogen) atoms. The maximum absolute atomic E-state index is 13.4. The third kappa shape index (κ3) is 7.42. The Morgan fingerprint density at radius 1 is 0.886 bits per heavy atom. The van der Waals surface area contributed by atoms with Crippen LogP contribution in [0.15, 0.2) is 106 Å². The number of halogens is 2. The van der Waals surface area contributed by atoms with Crippen molar-refractivity contribution in [3.05, 3.63) is 122 Å². The summed E-state index contributed by atoms with van der Waals surface area (Å²) < 4.78 is 12.5. The first kappa shape index (κ1) is 30.7. The third-order valence-corrected chi connectivity index (χ3v) is 7.64. The molecule has 1 saturated heterocycles. The number of rotatable bonds is 9. The minimum Gasteiger partial charge on any atom is -0.489 e. The Hall–Kier alpha value is -4.74. The second-order valence-electron chi connectivity index (χ2n) is 9.74. The van der Waals surface area contributed by atoms with E-state index in [4.69, 9.17) is 9.47 Å². The number of nitrogens with zero attached hydrogens (tertiary/aromatic N) is 1. The summed E-state index contributed by atoms with van der Waals surface area (Å²) in [6.45, 7) is 2.07. The van der Waals surface area contributed by atoms with Crippen LogP contribution in [0.2, 0.25) is 0 Å². The number of ether oxygens (including phenoxy) is 2. The van der Waals surface area contributed by atoms with Crippen LogP contribution >= 0.6 is 31.9 Å². The van der Waals surface area contributed by atoms with Crippen molar-refractivity contribution in [2.45, 2.75) is 13.5 Å². The van der Waals surface area contributed by atoms with E-state index < -0.39 is 17.8 Å². The number of carbonyl (C=O) groups is 4. The summed E-state index contributed by atoms with van der Waals surface area (Å²) >= 11 is 6.87. The second kappa shape index (κ2) is 13.7. The molecular weight excluding hydrogens is 694 g/mol. The van der Waals surface area contributed by atoms with Gasteiger partial charge in [0.05, 0.1) is 14.6 Å². The summed E-state index contributed by atoms with van der Waals surface area (Å²) in [6.07, 6.45) is 1.37. The van der Waals surface area contributed by atoms with Crippen LogP contribution in [0.4, 0.5) is 16.2 Å². The Morgan fingerprint density at radius 2 is 1.55 bits per heavy atom. The van der Waals surface area contributed by atoms with Gasteiger partial charge in [0, 0.05) is 5.69 Å².